The minimum Gasteiger partial charge on any atom is -0.454 e. The Morgan fingerprint density at radius 2 is 1.87 bits per heavy atom. The molecule has 0 amide bonds. The summed E-state index contributed by atoms with van der Waals surface area (Å²) in [5.41, 5.74) is 0.683. The van der Waals surface area contributed by atoms with Crippen molar-refractivity contribution in [2.75, 3.05) is 6.79 Å². The van der Waals surface area contributed by atoms with Gasteiger partial charge in [-0.2, -0.15) is 0 Å². The van der Waals surface area contributed by atoms with Crippen LogP contribution in [-0.2, 0) is 11.0 Å². The molecule has 8 rings (SSSR count). The van der Waals surface area contributed by atoms with Crippen LogP contribution >= 0.6 is 11.6 Å². The average molecular weight is 426 g/mol. The SMILES string of the molecule is Clc1ncn(C23C[C@@H]4C[C@@H](CC(c5nnc(-c6ccc7c(c6)OCO7)o5)(C4)C2)C3)n1. The zero-order chi connectivity index (χ0) is 19.9. The van der Waals surface area contributed by atoms with Crippen LogP contribution in [0.1, 0.15) is 44.4 Å². The summed E-state index contributed by atoms with van der Waals surface area (Å²) in [5.74, 6) is 4.00. The summed E-state index contributed by atoms with van der Waals surface area (Å²) in [4.78, 5) is 4.19. The third kappa shape index (κ3) is 2.34. The summed E-state index contributed by atoms with van der Waals surface area (Å²) >= 11 is 6.06. The van der Waals surface area contributed by atoms with Gasteiger partial charge in [0.25, 0.3) is 0 Å². The van der Waals surface area contributed by atoms with Crippen LogP contribution in [0.5, 0.6) is 11.5 Å². The first-order chi connectivity index (χ1) is 14.6. The van der Waals surface area contributed by atoms with Crippen molar-refractivity contribution >= 4 is 11.6 Å². The maximum absolute atomic E-state index is 6.31. The fourth-order valence-electron chi connectivity index (χ4n) is 6.79. The Hall–Kier alpha value is -2.61. The summed E-state index contributed by atoms with van der Waals surface area (Å²) in [7, 11) is 0. The zero-order valence-electron chi connectivity index (χ0n) is 16.3. The van der Waals surface area contributed by atoms with Gasteiger partial charge in [0.15, 0.2) is 11.5 Å². The molecule has 0 N–H and O–H groups in total. The van der Waals surface area contributed by atoms with Crippen LogP contribution in [0.15, 0.2) is 28.9 Å². The lowest BCUT2D eigenvalue weighted by atomic mass is 9.47. The van der Waals surface area contributed by atoms with E-state index in [4.69, 9.17) is 25.5 Å². The van der Waals surface area contributed by atoms with E-state index in [2.05, 4.69) is 20.3 Å². The number of hydrogen-bond donors (Lipinski definition) is 0. The predicted octanol–water partition coefficient (Wildman–Crippen LogP) is 3.96. The van der Waals surface area contributed by atoms with Crippen molar-refractivity contribution in [3.05, 3.63) is 35.7 Å². The quantitative estimate of drug-likeness (QED) is 0.627. The van der Waals surface area contributed by atoms with Crippen LogP contribution in [-0.4, -0.2) is 31.8 Å². The minimum absolute atomic E-state index is 0.0579. The van der Waals surface area contributed by atoms with E-state index in [1.807, 2.05) is 22.9 Å². The number of fused-ring (bicyclic) bond motifs is 1. The molecule has 4 atom stereocenters. The summed E-state index contributed by atoms with van der Waals surface area (Å²) in [5, 5.41) is 13.7. The first-order valence-electron chi connectivity index (χ1n) is 10.4. The van der Waals surface area contributed by atoms with Crippen molar-refractivity contribution in [2.45, 2.75) is 49.5 Å². The number of aromatic nitrogens is 5. The highest BCUT2D eigenvalue weighted by Gasteiger charge is 2.61. The molecule has 1 aliphatic heterocycles. The molecule has 2 aromatic heterocycles. The van der Waals surface area contributed by atoms with E-state index in [-0.39, 0.29) is 17.7 Å². The first-order valence-corrected chi connectivity index (χ1v) is 10.8. The Balaban J connectivity index is 1.27. The molecule has 154 valence electrons. The molecule has 4 bridgehead atoms. The lowest BCUT2D eigenvalue weighted by Crippen LogP contribution is -2.58. The minimum atomic E-state index is -0.107. The van der Waals surface area contributed by atoms with Crippen molar-refractivity contribution in [3.63, 3.8) is 0 Å². The van der Waals surface area contributed by atoms with E-state index in [1.165, 1.54) is 6.42 Å². The van der Waals surface area contributed by atoms with Crippen molar-refractivity contribution < 1.29 is 13.9 Å². The van der Waals surface area contributed by atoms with Crippen LogP contribution in [0, 0.1) is 11.8 Å². The number of hydrogen-bond acceptors (Lipinski definition) is 7. The van der Waals surface area contributed by atoms with Crippen molar-refractivity contribution in [2.24, 2.45) is 11.8 Å². The van der Waals surface area contributed by atoms with Crippen molar-refractivity contribution in [1.82, 2.24) is 25.0 Å². The molecule has 8 nitrogen and oxygen atoms in total. The van der Waals surface area contributed by atoms with Gasteiger partial charge >= 0.3 is 0 Å². The number of rotatable bonds is 3. The molecular formula is C21H20ClN5O3. The predicted molar refractivity (Wildman–Crippen MR) is 105 cm³/mol. The van der Waals surface area contributed by atoms with Crippen LogP contribution in [0.2, 0.25) is 5.28 Å². The first kappa shape index (κ1) is 17.1. The van der Waals surface area contributed by atoms with Crippen LogP contribution in [0.4, 0.5) is 0 Å². The molecule has 3 heterocycles. The highest BCUT2D eigenvalue weighted by Crippen LogP contribution is 2.64. The fourth-order valence-corrected chi connectivity index (χ4v) is 6.91. The molecule has 5 aliphatic rings. The molecule has 30 heavy (non-hydrogen) atoms. The Bertz CT molecular complexity index is 1140. The van der Waals surface area contributed by atoms with Gasteiger partial charge in [-0.15, -0.1) is 15.3 Å². The van der Waals surface area contributed by atoms with E-state index in [1.54, 1.807) is 6.33 Å². The van der Waals surface area contributed by atoms with Crippen LogP contribution in [0.3, 0.4) is 0 Å². The third-order valence-corrected chi connectivity index (χ3v) is 7.65. The molecule has 4 aliphatic carbocycles. The zero-order valence-corrected chi connectivity index (χ0v) is 17.0. The molecule has 9 heteroatoms. The number of nitrogens with zero attached hydrogens (tertiary/aromatic N) is 5. The average Bonchev–Trinajstić information content (AvgIpc) is 3.47. The fraction of sp³-hybridized carbons (Fsp3) is 0.524. The standard InChI is InChI=1S/C21H20ClN5O3/c22-19-23-10-27(26-19)21-7-12-3-13(8-21)6-20(5-12,9-21)18-25-24-17(30-18)14-1-2-15-16(4-14)29-11-28-15/h1-2,4,10,12-13H,3,5-9,11H2/t12-,13+,20?,21?. The maximum Gasteiger partial charge on any atom is 0.247 e. The number of halogens is 1. The molecule has 0 radical (unpaired) electrons. The summed E-state index contributed by atoms with van der Waals surface area (Å²) < 4.78 is 19.2. The Morgan fingerprint density at radius 3 is 2.67 bits per heavy atom. The second kappa shape index (κ2) is 5.75. The Kier molecular flexibility index (Phi) is 3.28. The van der Waals surface area contributed by atoms with Crippen LogP contribution in [0.25, 0.3) is 11.5 Å². The highest BCUT2D eigenvalue weighted by molar-refractivity contribution is 6.28. The summed E-state index contributed by atoms with van der Waals surface area (Å²) in [6.45, 7) is 0.244. The Labute approximate surface area is 177 Å². The number of ether oxygens (including phenoxy) is 2. The topological polar surface area (TPSA) is 88.1 Å². The molecule has 0 spiro atoms. The van der Waals surface area contributed by atoms with Gasteiger partial charge in [0.05, 0.1) is 11.0 Å². The molecule has 3 aromatic rings. The second-order valence-corrected chi connectivity index (χ2v) is 9.74. The third-order valence-electron chi connectivity index (χ3n) is 7.48. The largest absolute Gasteiger partial charge is 0.454 e. The van der Waals surface area contributed by atoms with Gasteiger partial charge in [-0.05, 0) is 80.2 Å². The molecule has 4 saturated carbocycles. The van der Waals surface area contributed by atoms with Crippen molar-refractivity contribution in [1.29, 1.82) is 0 Å². The van der Waals surface area contributed by atoms with Crippen molar-refractivity contribution in [3.8, 4) is 23.0 Å². The summed E-state index contributed by atoms with van der Waals surface area (Å²) in [6.07, 6.45) is 8.43. The number of benzene rings is 1. The molecule has 4 fully saturated rings. The molecular weight excluding hydrogens is 406 g/mol. The van der Waals surface area contributed by atoms with Gasteiger partial charge in [-0.25, -0.2) is 9.67 Å². The Morgan fingerprint density at radius 1 is 1.03 bits per heavy atom. The van der Waals surface area contributed by atoms with E-state index >= 15 is 0 Å². The van der Waals surface area contributed by atoms with Crippen LogP contribution < -0.4 is 9.47 Å². The van der Waals surface area contributed by atoms with Gasteiger partial charge in [0.1, 0.15) is 6.33 Å². The van der Waals surface area contributed by atoms with E-state index in [0.717, 1.165) is 49.3 Å². The lowest BCUT2D eigenvalue weighted by molar-refractivity contribution is -0.0772. The van der Waals surface area contributed by atoms with Gasteiger partial charge < -0.3 is 13.9 Å². The molecule has 2 unspecified atom stereocenters. The summed E-state index contributed by atoms with van der Waals surface area (Å²) in [6, 6.07) is 5.72. The van der Waals surface area contributed by atoms with E-state index < -0.39 is 0 Å². The maximum atomic E-state index is 6.31. The second-order valence-electron chi connectivity index (χ2n) is 9.40. The normalized spacial score (nSPS) is 33.4. The van der Waals surface area contributed by atoms with Gasteiger partial charge in [0.2, 0.25) is 23.9 Å². The van der Waals surface area contributed by atoms with Gasteiger partial charge in [-0.3, -0.25) is 0 Å². The molecule has 1 aromatic carbocycles. The monoisotopic (exact) mass is 425 g/mol. The lowest BCUT2D eigenvalue weighted by Gasteiger charge is -2.60. The van der Waals surface area contributed by atoms with Gasteiger partial charge in [0, 0.05) is 5.56 Å². The van der Waals surface area contributed by atoms with Gasteiger partial charge in [-0.1, -0.05) is 0 Å². The molecule has 0 saturated heterocycles. The van der Waals surface area contributed by atoms with E-state index in [0.29, 0.717) is 28.8 Å². The van der Waals surface area contributed by atoms with E-state index in [9.17, 15) is 0 Å². The smallest absolute Gasteiger partial charge is 0.247 e. The highest BCUT2D eigenvalue weighted by atomic mass is 35.5.